The smallest absolute Gasteiger partial charge is 0.143 e. The highest BCUT2D eigenvalue weighted by atomic mass is 35.5. The van der Waals surface area contributed by atoms with E-state index in [0.717, 1.165) is 21.8 Å². The van der Waals surface area contributed by atoms with Gasteiger partial charge in [-0.05, 0) is 173 Å². The molecule has 0 bridgehead atoms. The summed E-state index contributed by atoms with van der Waals surface area (Å²) >= 11 is 6.65. The fraction of sp³-hybridized carbons (Fsp3) is 0.342. The van der Waals surface area contributed by atoms with E-state index >= 15 is 0 Å². The van der Waals surface area contributed by atoms with Crippen molar-refractivity contribution in [3.8, 4) is 66.8 Å². The van der Waals surface area contributed by atoms with E-state index < -0.39 is 0 Å². The van der Waals surface area contributed by atoms with Crippen LogP contribution in [0.1, 0.15) is 183 Å². The van der Waals surface area contributed by atoms with Crippen LogP contribution in [0.25, 0.3) is 88.7 Å². The Bertz CT molecular complexity index is 3780. The van der Waals surface area contributed by atoms with Crippen molar-refractivity contribution in [1.82, 2.24) is 0 Å². The van der Waals surface area contributed by atoms with E-state index in [1.165, 1.54) is 189 Å². The lowest BCUT2D eigenvalue weighted by atomic mass is 9.70. The average Bonchev–Trinajstić information content (AvgIpc) is 4.26. The van der Waals surface area contributed by atoms with Crippen molar-refractivity contribution < 1.29 is 4.42 Å². The first kappa shape index (κ1) is 48.5. The summed E-state index contributed by atoms with van der Waals surface area (Å²) < 4.78 is 7.07. The Hall–Kier alpha value is -6.15. The Morgan fingerprint density at radius 1 is 0.373 bits per heavy atom. The monoisotopic (exact) mass is 1000 g/mol. The molecule has 0 saturated carbocycles. The third kappa shape index (κ3) is 7.29. The molecular weight excluding hydrogens is 928 g/mol. The Balaban J connectivity index is 0.887. The second kappa shape index (κ2) is 18.0. The second-order valence-electron chi connectivity index (χ2n) is 24.7. The van der Waals surface area contributed by atoms with Gasteiger partial charge in [-0.15, -0.1) is 0 Å². The van der Waals surface area contributed by atoms with Crippen LogP contribution >= 0.6 is 11.6 Å². The van der Waals surface area contributed by atoms with E-state index in [4.69, 9.17) is 16.0 Å². The van der Waals surface area contributed by atoms with Gasteiger partial charge in [-0.25, -0.2) is 0 Å². The van der Waals surface area contributed by atoms with Crippen molar-refractivity contribution in [2.24, 2.45) is 0 Å². The van der Waals surface area contributed by atoms with Gasteiger partial charge in [0.15, 0.2) is 0 Å². The van der Waals surface area contributed by atoms with Gasteiger partial charge in [0.2, 0.25) is 0 Å². The largest absolute Gasteiger partial charge is 0.455 e. The molecule has 4 aliphatic carbocycles. The predicted molar refractivity (Wildman–Crippen MR) is 320 cm³/mol. The van der Waals surface area contributed by atoms with E-state index in [0.29, 0.717) is 0 Å². The highest BCUT2D eigenvalue weighted by molar-refractivity contribution is 6.30. The number of benzene rings is 8. The first-order valence-corrected chi connectivity index (χ1v) is 29.2. The van der Waals surface area contributed by atoms with Gasteiger partial charge in [-0.1, -0.05) is 223 Å². The molecule has 8 aromatic carbocycles. The van der Waals surface area contributed by atoms with Crippen LogP contribution in [-0.4, -0.2) is 0 Å². The average molecular weight is 1000 g/mol. The van der Waals surface area contributed by atoms with Crippen molar-refractivity contribution in [2.75, 3.05) is 0 Å². The zero-order valence-corrected chi connectivity index (χ0v) is 46.5. The standard InChI is InChI=1S/C73H73ClO/c1-9-11-13-15-17-23-37-73(36-22-16-14-12-10-2)58-26-20-18-24-49(58)52-33-29-46(39-64(52)73)45-28-32-50-51-34-30-47(40-60(51)70(3,4)59(50)38-45)55-42-65-67(68-54-25-19-21-27-66(54)75-69(55)68)57-44-62-56(43-63(57)72(65,7)8)53-35-31-48(74)41-61(53)71(62,5)6/h18-21,24-35,38-44H,9-17,22-23,36-37H2,1-8H3. The number of unbranched alkanes of at least 4 members (excludes halogenated alkanes) is 9. The van der Waals surface area contributed by atoms with E-state index in [2.05, 4.69) is 189 Å². The molecular formula is C73H73ClO. The maximum Gasteiger partial charge on any atom is 0.143 e. The lowest BCUT2D eigenvalue weighted by Gasteiger charge is -2.33. The molecule has 0 N–H and O–H groups in total. The minimum Gasteiger partial charge on any atom is -0.455 e. The molecule has 2 heteroatoms. The Morgan fingerprint density at radius 2 is 0.840 bits per heavy atom. The van der Waals surface area contributed by atoms with Gasteiger partial charge in [-0.2, -0.15) is 0 Å². The highest BCUT2D eigenvalue weighted by Crippen LogP contribution is 2.61. The Kier molecular flexibility index (Phi) is 11.6. The first-order chi connectivity index (χ1) is 36.3. The molecule has 1 unspecified atom stereocenters. The van der Waals surface area contributed by atoms with E-state index in [1.807, 2.05) is 6.07 Å². The van der Waals surface area contributed by atoms with Gasteiger partial charge >= 0.3 is 0 Å². The molecule has 0 amide bonds. The molecule has 0 spiro atoms. The third-order valence-electron chi connectivity index (χ3n) is 19.3. The molecule has 1 atom stereocenters. The summed E-state index contributed by atoms with van der Waals surface area (Å²) in [6.07, 6.45) is 17.0. The van der Waals surface area contributed by atoms with Crippen LogP contribution in [0.2, 0.25) is 5.02 Å². The summed E-state index contributed by atoms with van der Waals surface area (Å²) in [4.78, 5) is 0. The van der Waals surface area contributed by atoms with Gasteiger partial charge in [-0.3, -0.25) is 0 Å². The van der Waals surface area contributed by atoms with Crippen LogP contribution in [0.3, 0.4) is 0 Å². The second-order valence-corrected chi connectivity index (χ2v) is 25.2. The number of halogens is 1. The number of hydrogen-bond donors (Lipinski definition) is 0. The molecule has 0 fully saturated rings. The molecule has 378 valence electrons. The van der Waals surface area contributed by atoms with Gasteiger partial charge in [0.05, 0.1) is 0 Å². The number of rotatable bonds is 15. The van der Waals surface area contributed by atoms with Crippen molar-refractivity contribution in [1.29, 1.82) is 0 Å². The maximum atomic E-state index is 7.07. The van der Waals surface area contributed by atoms with E-state index in [1.54, 1.807) is 11.1 Å². The quantitative estimate of drug-likeness (QED) is 0.0933. The van der Waals surface area contributed by atoms with E-state index in [9.17, 15) is 0 Å². The molecule has 1 aromatic heterocycles. The normalized spacial score (nSPS) is 17.4. The number of hydrogen-bond acceptors (Lipinski definition) is 1. The fourth-order valence-electron chi connectivity index (χ4n) is 15.1. The number of para-hydroxylation sites is 1. The molecule has 4 aliphatic rings. The fourth-order valence-corrected chi connectivity index (χ4v) is 15.3. The SMILES string of the molecule is CCCCCCCCC1(CCCCCCC)c2ccccc2-c2ccc(-c3ccc4c(c3)C(C)(C)c3cc(-c5cc6c(c7c5oc5ccccc57)-c5cc7c(cc5C6(C)C)-c5ccc(Cl)cc5C7(C)C)ccc3-4)cc21. The van der Waals surface area contributed by atoms with Crippen LogP contribution < -0.4 is 0 Å². The van der Waals surface area contributed by atoms with Crippen molar-refractivity contribution in [3.63, 3.8) is 0 Å². The summed E-state index contributed by atoms with van der Waals surface area (Å²) in [5, 5.41) is 3.19. The van der Waals surface area contributed by atoms with Crippen molar-refractivity contribution in [2.45, 2.75) is 161 Å². The zero-order valence-electron chi connectivity index (χ0n) is 45.8. The molecule has 0 radical (unpaired) electrons. The molecule has 0 saturated heterocycles. The van der Waals surface area contributed by atoms with Crippen LogP contribution in [0.4, 0.5) is 0 Å². The molecule has 1 nitrogen and oxygen atoms in total. The van der Waals surface area contributed by atoms with Gasteiger partial charge in [0, 0.05) is 43.0 Å². The summed E-state index contributed by atoms with van der Waals surface area (Å²) in [6, 6.07) is 54.2. The van der Waals surface area contributed by atoms with Crippen molar-refractivity contribution >= 4 is 33.5 Å². The number of furan rings is 1. The molecule has 13 rings (SSSR count). The van der Waals surface area contributed by atoms with Gasteiger partial charge in [0.25, 0.3) is 0 Å². The molecule has 75 heavy (non-hydrogen) atoms. The van der Waals surface area contributed by atoms with Crippen LogP contribution in [-0.2, 0) is 21.7 Å². The van der Waals surface area contributed by atoms with Crippen LogP contribution in [0.5, 0.6) is 0 Å². The summed E-state index contributed by atoms with van der Waals surface area (Å²) in [5.74, 6) is 0. The van der Waals surface area contributed by atoms with Gasteiger partial charge in [0.1, 0.15) is 11.2 Å². The lowest BCUT2D eigenvalue weighted by molar-refractivity contribution is 0.398. The minimum atomic E-state index is -0.244. The third-order valence-corrected chi connectivity index (χ3v) is 19.5. The number of fused-ring (bicyclic) bond motifs is 16. The molecule has 1 heterocycles. The topological polar surface area (TPSA) is 13.1 Å². The Labute approximate surface area is 451 Å². The molecule has 0 aliphatic heterocycles. The van der Waals surface area contributed by atoms with E-state index in [-0.39, 0.29) is 21.7 Å². The Morgan fingerprint density at radius 3 is 1.53 bits per heavy atom. The molecule has 9 aromatic rings. The summed E-state index contributed by atoms with van der Waals surface area (Å²) in [7, 11) is 0. The van der Waals surface area contributed by atoms with Crippen LogP contribution in [0, 0.1) is 0 Å². The first-order valence-electron chi connectivity index (χ1n) is 28.8. The maximum absolute atomic E-state index is 7.07. The van der Waals surface area contributed by atoms with Crippen LogP contribution in [0.15, 0.2) is 144 Å². The summed E-state index contributed by atoms with van der Waals surface area (Å²) in [6.45, 7) is 19.1. The predicted octanol–water partition coefficient (Wildman–Crippen LogP) is 21.9. The van der Waals surface area contributed by atoms with Gasteiger partial charge < -0.3 is 4.42 Å². The minimum absolute atomic E-state index is 0.0564. The zero-order chi connectivity index (χ0) is 51.6. The lowest BCUT2D eigenvalue weighted by Crippen LogP contribution is -2.25. The van der Waals surface area contributed by atoms with Crippen molar-refractivity contribution in [3.05, 3.63) is 189 Å². The summed E-state index contributed by atoms with van der Waals surface area (Å²) in [5.41, 5.74) is 28.5. The highest BCUT2D eigenvalue weighted by Gasteiger charge is 2.45.